The first-order valence-electron chi connectivity index (χ1n) is 9.07. The van der Waals surface area contributed by atoms with Gasteiger partial charge in [0.05, 0.1) is 6.54 Å². The van der Waals surface area contributed by atoms with Crippen molar-refractivity contribution in [2.24, 2.45) is 0 Å². The first kappa shape index (κ1) is 18.5. The van der Waals surface area contributed by atoms with Crippen LogP contribution in [0.3, 0.4) is 0 Å². The molecule has 0 fully saturated rings. The molecule has 0 saturated heterocycles. The van der Waals surface area contributed by atoms with Gasteiger partial charge in [0, 0.05) is 17.3 Å². The lowest BCUT2D eigenvalue weighted by Crippen LogP contribution is -2.28. The fourth-order valence-electron chi connectivity index (χ4n) is 3.08. The van der Waals surface area contributed by atoms with E-state index in [0.717, 1.165) is 10.9 Å². The van der Waals surface area contributed by atoms with Crippen LogP contribution in [0.5, 0.6) is 0 Å². The number of hydrogen-bond acceptors (Lipinski definition) is 4. The zero-order valence-corrected chi connectivity index (χ0v) is 15.5. The molecule has 7 nitrogen and oxygen atoms in total. The summed E-state index contributed by atoms with van der Waals surface area (Å²) in [5.41, 5.74) is 2.05. The minimum atomic E-state index is -0.523. The lowest BCUT2D eigenvalue weighted by molar-refractivity contribution is 0.251. The second kappa shape index (κ2) is 8.04. The van der Waals surface area contributed by atoms with Crippen LogP contribution in [0.4, 0.5) is 16.2 Å². The zero-order chi connectivity index (χ0) is 20.2. The normalized spacial score (nSPS) is 10.8. The molecule has 3 N–H and O–H groups in total. The number of benzene rings is 2. The Morgan fingerprint density at radius 3 is 2.62 bits per heavy atom. The Balaban J connectivity index is 1.48. The van der Waals surface area contributed by atoms with Gasteiger partial charge in [-0.15, -0.1) is 0 Å². The number of aromatic nitrogens is 1. The molecule has 0 aliphatic heterocycles. The Hall–Kier alpha value is -3.84. The summed E-state index contributed by atoms with van der Waals surface area (Å²) in [6, 6.07) is 19.2. The van der Waals surface area contributed by atoms with Gasteiger partial charge in [0.2, 0.25) is 0 Å². The Bertz CT molecular complexity index is 1210. The molecule has 0 saturated carbocycles. The van der Waals surface area contributed by atoms with Crippen LogP contribution in [-0.2, 0) is 13.2 Å². The first-order chi connectivity index (χ1) is 14.1. The number of aliphatic hydroxyl groups is 1. The summed E-state index contributed by atoms with van der Waals surface area (Å²) in [5, 5.41) is 15.2. The largest absolute Gasteiger partial charge is 0.459 e. The standard InChI is InChI=1S/C22H19N3O4/c26-14-18-12-16-11-17(8-9-20(16)29-18)23-22(28)24-19-7-4-10-25(21(19)27)13-15-5-2-1-3-6-15/h1-12,26H,13-14H2,(H2,23,24,28). The number of fused-ring (bicyclic) bond motifs is 1. The summed E-state index contributed by atoms with van der Waals surface area (Å²) in [7, 11) is 0. The van der Waals surface area contributed by atoms with Crippen molar-refractivity contribution in [1.82, 2.24) is 4.57 Å². The summed E-state index contributed by atoms with van der Waals surface area (Å²) < 4.78 is 6.97. The van der Waals surface area contributed by atoms with Crippen LogP contribution in [0, 0.1) is 0 Å². The van der Waals surface area contributed by atoms with Gasteiger partial charge in [-0.3, -0.25) is 4.79 Å². The van der Waals surface area contributed by atoms with E-state index in [1.165, 1.54) is 0 Å². The molecule has 4 aromatic rings. The highest BCUT2D eigenvalue weighted by Gasteiger charge is 2.10. The van der Waals surface area contributed by atoms with Crippen LogP contribution < -0.4 is 16.2 Å². The van der Waals surface area contributed by atoms with Gasteiger partial charge in [0.15, 0.2) is 0 Å². The summed E-state index contributed by atoms with van der Waals surface area (Å²) >= 11 is 0. The number of aliphatic hydroxyl groups excluding tert-OH is 1. The van der Waals surface area contributed by atoms with Gasteiger partial charge < -0.3 is 24.7 Å². The van der Waals surface area contributed by atoms with Crippen LogP contribution in [-0.4, -0.2) is 15.7 Å². The van der Waals surface area contributed by atoms with Crippen molar-refractivity contribution in [3.8, 4) is 0 Å². The molecule has 0 unspecified atom stereocenters. The van der Waals surface area contributed by atoms with Crippen molar-refractivity contribution in [3.05, 3.63) is 94.6 Å². The number of hydrogen-bond donors (Lipinski definition) is 3. The van der Waals surface area contributed by atoms with E-state index in [0.29, 0.717) is 23.6 Å². The summed E-state index contributed by atoms with van der Waals surface area (Å²) in [6.45, 7) is 0.225. The second-order valence-electron chi connectivity index (χ2n) is 6.54. The number of nitrogens with one attached hydrogen (secondary N) is 2. The van der Waals surface area contributed by atoms with Gasteiger partial charge in [-0.1, -0.05) is 30.3 Å². The van der Waals surface area contributed by atoms with E-state index in [1.54, 1.807) is 47.2 Å². The lowest BCUT2D eigenvalue weighted by Gasteiger charge is -2.10. The highest BCUT2D eigenvalue weighted by molar-refractivity contribution is 6.00. The number of amides is 2. The maximum absolute atomic E-state index is 12.7. The number of carbonyl (C=O) groups excluding carboxylic acids is 1. The number of carbonyl (C=O) groups is 1. The molecule has 0 radical (unpaired) electrons. The van der Waals surface area contributed by atoms with Crippen LogP contribution in [0.1, 0.15) is 11.3 Å². The van der Waals surface area contributed by atoms with E-state index in [1.807, 2.05) is 30.3 Å². The van der Waals surface area contributed by atoms with Crippen molar-refractivity contribution in [2.75, 3.05) is 10.6 Å². The average molecular weight is 389 g/mol. The number of anilines is 2. The molecular weight excluding hydrogens is 370 g/mol. The fraction of sp³-hybridized carbons (Fsp3) is 0.0909. The van der Waals surface area contributed by atoms with Crippen LogP contribution in [0.15, 0.2) is 82.1 Å². The molecular formula is C22H19N3O4. The molecule has 2 amide bonds. The average Bonchev–Trinajstić information content (AvgIpc) is 3.14. The lowest BCUT2D eigenvalue weighted by atomic mass is 10.2. The molecule has 0 bridgehead atoms. The smallest absolute Gasteiger partial charge is 0.323 e. The van der Waals surface area contributed by atoms with Crippen LogP contribution in [0.25, 0.3) is 11.0 Å². The maximum atomic E-state index is 12.7. The number of nitrogens with zero attached hydrogens (tertiary/aromatic N) is 1. The van der Waals surface area contributed by atoms with Gasteiger partial charge in [0.25, 0.3) is 5.56 Å². The van der Waals surface area contributed by atoms with E-state index in [4.69, 9.17) is 9.52 Å². The maximum Gasteiger partial charge on any atom is 0.323 e. The minimum absolute atomic E-state index is 0.188. The molecule has 0 spiro atoms. The molecule has 2 aromatic carbocycles. The predicted octanol–water partition coefficient (Wildman–Crippen LogP) is 3.78. The predicted molar refractivity (Wildman–Crippen MR) is 111 cm³/mol. The molecule has 146 valence electrons. The molecule has 2 aromatic heterocycles. The quantitative estimate of drug-likeness (QED) is 0.484. The third kappa shape index (κ3) is 4.20. The molecule has 2 heterocycles. The van der Waals surface area contributed by atoms with E-state index in [-0.39, 0.29) is 17.9 Å². The summed E-state index contributed by atoms with van der Waals surface area (Å²) in [6.07, 6.45) is 1.68. The number of furan rings is 1. The van der Waals surface area contributed by atoms with Crippen molar-refractivity contribution in [3.63, 3.8) is 0 Å². The van der Waals surface area contributed by atoms with Gasteiger partial charge in [-0.25, -0.2) is 4.79 Å². The fourth-order valence-corrected chi connectivity index (χ4v) is 3.08. The minimum Gasteiger partial charge on any atom is -0.459 e. The molecule has 0 aliphatic rings. The molecule has 0 aliphatic carbocycles. The van der Waals surface area contributed by atoms with Crippen molar-refractivity contribution in [1.29, 1.82) is 0 Å². The topological polar surface area (TPSA) is 96.5 Å². The summed E-state index contributed by atoms with van der Waals surface area (Å²) in [4.78, 5) is 25.0. The molecule has 0 atom stereocenters. The zero-order valence-electron chi connectivity index (χ0n) is 15.5. The van der Waals surface area contributed by atoms with Gasteiger partial charge >= 0.3 is 6.03 Å². The highest BCUT2D eigenvalue weighted by atomic mass is 16.4. The molecule has 4 rings (SSSR count). The number of rotatable bonds is 5. The van der Waals surface area contributed by atoms with E-state index in [9.17, 15) is 9.59 Å². The Morgan fingerprint density at radius 1 is 1.00 bits per heavy atom. The van der Waals surface area contributed by atoms with Crippen molar-refractivity contribution >= 4 is 28.4 Å². The monoisotopic (exact) mass is 389 g/mol. The second-order valence-corrected chi connectivity index (χ2v) is 6.54. The first-order valence-corrected chi connectivity index (χ1v) is 9.07. The third-order valence-electron chi connectivity index (χ3n) is 4.45. The van der Waals surface area contributed by atoms with Gasteiger partial charge in [-0.2, -0.15) is 0 Å². The summed E-state index contributed by atoms with van der Waals surface area (Å²) in [5.74, 6) is 0.449. The Labute approximate surface area is 166 Å². The molecule has 29 heavy (non-hydrogen) atoms. The van der Waals surface area contributed by atoms with Crippen molar-refractivity contribution in [2.45, 2.75) is 13.2 Å². The van der Waals surface area contributed by atoms with Gasteiger partial charge in [0.1, 0.15) is 23.6 Å². The Kier molecular flexibility index (Phi) is 5.13. The Morgan fingerprint density at radius 2 is 1.83 bits per heavy atom. The van der Waals surface area contributed by atoms with E-state index >= 15 is 0 Å². The van der Waals surface area contributed by atoms with Crippen LogP contribution in [0.2, 0.25) is 0 Å². The molecule has 7 heteroatoms. The van der Waals surface area contributed by atoms with E-state index < -0.39 is 6.03 Å². The number of urea groups is 1. The van der Waals surface area contributed by atoms with Crippen LogP contribution >= 0.6 is 0 Å². The highest BCUT2D eigenvalue weighted by Crippen LogP contribution is 2.23. The number of pyridine rings is 1. The van der Waals surface area contributed by atoms with E-state index in [2.05, 4.69) is 10.6 Å². The third-order valence-corrected chi connectivity index (χ3v) is 4.45. The van der Waals surface area contributed by atoms with Crippen molar-refractivity contribution < 1.29 is 14.3 Å². The van der Waals surface area contributed by atoms with Gasteiger partial charge in [-0.05, 0) is 42.0 Å². The SMILES string of the molecule is O=C(Nc1ccc2oc(CO)cc2c1)Nc1cccn(Cc2ccccc2)c1=O.